The second kappa shape index (κ2) is 4.70. The lowest BCUT2D eigenvalue weighted by molar-refractivity contribution is 0.102. The Kier molecular flexibility index (Phi) is 3.86. The number of oxime groups is 1. The van der Waals surface area contributed by atoms with Gasteiger partial charge in [-0.25, -0.2) is 0 Å². The van der Waals surface area contributed by atoms with E-state index >= 15 is 0 Å². The maximum Gasteiger partial charge on any atom is 0.146 e. The summed E-state index contributed by atoms with van der Waals surface area (Å²) in [5.41, 5.74) is 1.18. The van der Waals surface area contributed by atoms with Crippen molar-refractivity contribution >= 4 is 17.3 Å². The van der Waals surface area contributed by atoms with E-state index < -0.39 is 0 Å². The third-order valence-corrected chi connectivity index (χ3v) is 2.32. The van der Waals surface area contributed by atoms with Crippen LogP contribution in [0, 0.1) is 5.92 Å². The topological polar surface area (TPSA) is 21.6 Å². The van der Waals surface area contributed by atoms with Gasteiger partial charge in [-0.05, 0) is 18.8 Å². The van der Waals surface area contributed by atoms with Gasteiger partial charge in [0.1, 0.15) is 6.10 Å². The van der Waals surface area contributed by atoms with E-state index in [0.29, 0.717) is 5.88 Å². The largest absolute Gasteiger partial charge is 0.391 e. The number of nitrogens with zero attached hydrogens (tertiary/aromatic N) is 1. The summed E-state index contributed by atoms with van der Waals surface area (Å²) in [4.78, 5) is 5.10. The van der Waals surface area contributed by atoms with Crippen LogP contribution < -0.4 is 0 Å². The molecule has 3 heteroatoms. The van der Waals surface area contributed by atoms with Crippen LogP contribution in [0.3, 0.4) is 0 Å². The molecule has 0 amide bonds. The molecule has 1 aliphatic heterocycles. The van der Waals surface area contributed by atoms with Crippen LogP contribution in [0.4, 0.5) is 0 Å². The summed E-state index contributed by atoms with van der Waals surface area (Å²) in [6.45, 7) is 4.44. The third-order valence-electron chi connectivity index (χ3n) is 1.98. The zero-order chi connectivity index (χ0) is 8.97. The molecule has 0 N–H and O–H groups in total. The fraction of sp³-hybridized carbons (Fsp3) is 0.889. The second-order valence-electron chi connectivity index (χ2n) is 3.68. The molecule has 2 nitrogen and oxygen atoms in total. The fourth-order valence-electron chi connectivity index (χ4n) is 1.17. The molecular formula is C9H16ClNO. The Hall–Kier alpha value is -0.240. The molecule has 0 aromatic heterocycles. The van der Waals surface area contributed by atoms with Crippen molar-refractivity contribution in [2.24, 2.45) is 11.1 Å². The molecule has 0 radical (unpaired) electrons. The van der Waals surface area contributed by atoms with Gasteiger partial charge in [0.05, 0.1) is 11.6 Å². The van der Waals surface area contributed by atoms with Crippen molar-refractivity contribution in [3.05, 3.63) is 0 Å². The highest BCUT2D eigenvalue weighted by molar-refractivity contribution is 6.18. The maximum absolute atomic E-state index is 5.64. The first-order valence-electron chi connectivity index (χ1n) is 4.50. The normalized spacial score (nSPS) is 22.7. The summed E-state index contributed by atoms with van der Waals surface area (Å²) in [6.07, 6.45) is 3.31. The third kappa shape index (κ3) is 3.02. The predicted octanol–water partition coefficient (Wildman–Crippen LogP) is 2.81. The van der Waals surface area contributed by atoms with Crippen LogP contribution in [0.1, 0.15) is 33.1 Å². The molecule has 0 fully saturated rings. The molecule has 0 aromatic carbocycles. The lowest BCUT2D eigenvalue weighted by atomic mass is 10.0. The van der Waals surface area contributed by atoms with Crippen molar-refractivity contribution in [3.63, 3.8) is 0 Å². The number of halogens is 1. The molecule has 70 valence electrons. The Bertz CT molecular complexity index is 168. The summed E-state index contributed by atoms with van der Waals surface area (Å²) in [6, 6.07) is 0. The van der Waals surface area contributed by atoms with Crippen molar-refractivity contribution in [2.75, 3.05) is 5.88 Å². The summed E-state index contributed by atoms with van der Waals surface area (Å²) in [5, 5.41) is 3.99. The molecule has 0 aromatic rings. The van der Waals surface area contributed by atoms with Crippen LogP contribution >= 0.6 is 11.6 Å². The van der Waals surface area contributed by atoms with Crippen LogP contribution in [0.5, 0.6) is 0 Å². The van der Waals surface area contributed by atoms with E-state index in [0.717, 1.165) is 18.8 Å². The van der Waals surface area contributed by atoms with Crippen molar-refractivity contribution < 1.29 is 4.84 Å². The van der Waals surface area contributed by atoms with Crippen LogP contribution in [-0.2, 0) is 4.84 Å². The SMILES string of the molecule is CC(C)CCC1=NO[C@H](CCl)C1. The monoisotopic (exact) mass is 189 g/mol. The lowest BCUT2D eigenvalue weighted by Crippen LogP contribution is -2.09. The van der Waals surface area contributed by atoms with Crippen LogP contribution in [0.15, 0.2) is 5.16 Å². The fourth-order valence-corrected chi connectivity index (χ4v) is 1.34. The number of hydrogen-bond donors (Lipinski definition) is 0. The van der Waals surface area contributed by atoms with E-state index in [1.165, 1.54) is 12.1 Å². The molecule has 0 saturated carbocycles. The molecule has 1 atom stereocenters. The first-order valence-corrected chi connectivity index (χ1v) is 5.03. The average molecular weight is 190 g/mol. The Balaban J connectivity index is 2.18. The standard InChI is InChI=1S/C9H16ClNO/c1-7(2)3-4-8-5-9(6-10)12-11-8/h7,9H,3-6H2,1-2H3/t9-/m0/s1. The molecule has 0 aliphatic carbocycles. The Morgan fingerprint density at radius 3 is 2.92 bits per heavy atom. The Morgan fingerprint density at radius 1 is 1.67 bits per heavy atom. The quantitative estimate of drug-likeness (QED) is 0.624. The van der Waals surface area contributed by atoms with Gasteiger partial charge in [-0.1, -0.05) is 19.0 Å². The Morgan fingerprint density at radius 2 is 2.42 bits per heavy atom. The molecule has 12 heavy (non-hydrogen) atoms. The van der Waals surface area contributed by atoms with E-state index in [1.807, 2.05) is 0 Å². The summed E-state index contributed by atoms with van der Waals surface area (Å²) >= 11 is 5.64. The molecular weight excluding hydrogens is 174 g/mol. The minimum absolute atomic E-state index is 0.133. The summed E-state index contributed by atoms with van der Waals surface area (Å²) in [7, 11) is 0. The molecule has 0 spiro atoms. The molecule has 0 bridgehead atoms. The molecule has 1 rings (SSSR count). The maximum atomic E-state index is 5.64. The van der Waals surface area contributed by atoms with E-state index in [-0.39, 0.29) is 6.10 Å². The van der Waals surface area contributed by atoms with Gasteiger partial charge in [-0.2, -0.15) is 0 Å². The van der Waals surface area contributed by atoms with Crippen molar-refractivity contribution in [1.82, 2.24) is 0 Å². The average Bonchev–Trinajstić information content (AvgIpc) is 2.48. The molecule has 1 heterocycles. The minimum Gasteiger partial charge on any atom is -0.391 e. The minimum atomic E-state index is 0.133. The van der Waals surface area contributed by atoms with Crippen molar-refractivity contribution in [3.8, 4) is 0 Å². The van der Waals surface area contributed by atoms with Gasteiger partial charge in [0, 0.05) is 6.42 Å². The molecule has 0 unspecified atom stereocenters. The van der Waals surface area contributed by atoms with Crippen molar-refractivity contribution in [2.45, 2.75) is 39.2 Å². The van der Waals surface area contributed by atoms with Gasteiger partial charge >= 0.3 is 0 Å². The zero-order valence-electron chi connectivity index (χ0n) is 7.72. The highest BCUT2D eigenvalue weighted by Crippen LogP contribution is 2.16. The van der Waals surface area contributed by atoms with E-state index in [9.17, 15) is 0 Å². The van der Waals surface area contributed by atoms with Gasteiger partial charge in [0.25, 0.3) is 0 Å². The van der Waals surface area contributed by atoms with Gasteiger partial charge in [-0.3, -0.25) is 0 Å². The van der Waals surface area contributed by atoms with E-state index in [2.05, 4.69) is 19.0 Å². The first-order chi connectivity index (χ1) is 5.72. The number of rotatable bonds is 4. The van der Waals surface area contributed by atoms with Crippen LogP contribution in [0.25, 0.3) is 0 Å². The van der Waals surface area contributed by atoms with E-state index in [4.69, 9.17) is 16.4 Å². The zero-order valence-corrected chi connectivity index (χ0v) is 8.47. The van der Waals surface area contributed by atoms with Gasteiger partial charge in [0.2, 0.25) is 0 Å². The lowest BCUT2D eigenvalue weighted by Gasteiger charge is -2.02. The van der Waals surface area contributed by atoms with E-state index in [1.54, 1.807) is 0 Å². The van der Waals surface area contributed by atoms with Gasteiger partial charge in [0.15, 0.2) is 0 Å². The predicted molar refractivity (Wildman–Crippen MR) is 51.7 cm³/mol. The van der Waals surface area contributed by atoms with Crippen LogP contribution in [0.2, 0.25) is 0 Å². The summed E-state index contributed by atoms with van der Waals surface area (Å²) < 4.78 is 0. The number of hydrogen-bond acceptors (Lipinski definition) is 2. The second-order valence-corrected chi connectivity index (χ2v) is 3.98. The first kappa shape index (κ1) is 9.85. The highest BCUT2D eigenvalue weighted by atomic mass is 35.5. The molecule has 1 aliphatic rings. The number of alkyl halides is 1. The summed E-state index contributed by atoms with van der Waals surface area (Å²) in [5.74, 6) is 1.29. The van der Waals surface area contributed by atoms with Crippen LogP contribution in [-0.4, -0.2) is 17.7 Å². The smallest absolute Gasteiger partial charge is 0.146 e. The van der Waals surface area contributed by atoms with Crippen molar-refractivity contribution in [1.29, 1.82) is 0 Å². The Labute approximate surface area is 78.9 Å². The van der Waals surface area contributed by atoms with Gasteiger partial charge in [-0.15, -0.1) is 11.6 Å². The molecule has 0 saturated heterocycles. The highest BCUT2D eigenvalue weighted by Gasteiger charge is 2.19. The van der Waals surface area contributed by atoms with Gasteiger partial charge < -0.3 is 4.84 Å².